The summed E-state index contributed by atoms with van der Waals surface area (Å²) >= 11 is 0. The fraction of sp³-hybridized carbons (Fsp3) is 0.150. The normalized spacial score (nSPS) is 13.2. The first-order chi connectivity index (χ1) is 12.2. The minimum absolute atomic E-state index is 0.240. The molecule has 2 aromatic rings. The summed E-state index contributed by atoms with van der Waals surface area (Å²) in [5.41, 5.74) is 1.80. The van der Waals surface area contributed by atoms with Crippen molar-refractivity contribution in [3.8, 4) is 6.19 Å². The van der Waals surface area contributed by atoms with Gasteiger partial charge in [0.1, 0.15) is 0 Å². The van der Waals surface area contributed by atoms with Crippen LogP contribution in [-0.4, -0.2) is 11.9 Å². The lowest BCUT2D eigenvalue weighted by Crippen LogP contribution is -2.41. The molecule has 0 bridgehead atoms. The highest BCUT2D eigenvalue weighted by atomic mass is 16.2. The monoisotopic (exact) mass is 331 g/mol. The number of amides is 3. The second-order valence-corrected chi connectivity index (χ2v) is 5.76. The first kappa shape index (κ1) is 16.5. The molecule has 1 N–H and O–H groups in total. The molecule has 124 valence electrons. The van der Waals surface area contributed by atoms with E-state index in [2.05, 4.69) is 17.5 Å². The number of rotatable bonds is 3. The van der Waals surface area contributed by atoms with Gasteiger partial charge in [-0.15, -0.1) is 0 Å². The third kappa shape index (κ3) is 3.59. The summed E-state index contributed by atoms with van der Waals surface area (Å²) in [5, 5.41) is 11.8. The van der Waals surface area contributed by atoms with Crippen LogP contribution >= 0.6 is 0 Å². The predicted octanol–water partition coefficient (Wildman–Crippen LogP) is 3.96. The predicted molar refractivity (Wildman–Crippen MR) is 95.0 cm³/mol. The lowest BCUT2D eigenvalue weighted by Gasteiger charge is -2.21. The number of carbonyl (C=O) groups is 2. The quantitative estimate of drug-likeness (QED) is 0.525. The molecule has 5 heteroatoms. The minimum atomic E-state index is -0.755. The van der Waals surface area contributed by atoms with Gasteiger partial charge in [-0.3, -0.25) is 10.1 Å². The molecule has 0 radical (unpaired) electrons. The van der Waals surface area contributed by atoms with Crippen LogP contribution in [0.1, 0.15) is 34.7 Å². The number of urea groups is 1. The molecule has 3 rings (SSSR count). The number of carbonyl (C=O) groups excluding carboxylic acids is 2. The van der Waals surface area contributed by atoms with Gasteiger partial charge in [-0.25, -0.2) is 4.79 Å². The first-order valence-corrected chi connectivity index (χ1v) is 8.05. The number of hydrogen-bond donors (Lipinski definition) is 1. The summed E-state index contributed by atoms with van der Waals surface area (Å²) in [6.07, 6.45) is 7.83. The average Bonchev–Trinajstić information content (AvgIpc) is 3.18. The fourth-order valence-electron chi connectivity index (χ4n) is 2.93. The van der Waals surface area contributed by atoms with Crippen LogP contribution in [0.15, 0.2) is 66.7 Å². The average molecular weight is 331 g/mol. The third-order valence-corrected chi connectivity index (χ3v) is 4.18. The van der Waals surface area contributed by atoms with Gasteiger partial charge in [0.05, 0.1) is 5.69 Å². The van der Waals surface area contributed by atoms with Crippen molar-refractivity contribution in [2.75, 3.05) is 4.90 Å². The molecule has 0 saturated carbocycles. The Bertz CT molecular complexity index is 845. The van der Waals surface area contributed by atoms with E-state index in [1.165, 1.54) is 0 Å². The van der Waals surface area contributed by atoms with Crippen LogP contribution in [0, 0.1) is 11.5 Å². The van der Waals surface area contributed by atoms with E-state index in [1.54, 1.807) is 42.5 Å². The Labute approximate surface area is 146 Å². The van der Waals surface area contributed by atoms with Gasteiger partial charge < -0.3 is 0 Å². The van der Waals surface area contributed by atoms with Crippen LogP contribution in [0.4, 0.5) is 10.5 Å². The van der Waals surface area contributed by atoms with Crippen LogP contribution in [-0.2, 0) is 0 Å². The van der Waals surface area contributed by atoms with Gasteiger partial charge in [0.15, 0.2) is 6.19 Å². The molecule has 0 heterocycles. The van der Waals surface area contributed by atoms with Crippen LogP contribution in [0.5, 0.6) is 0 Å². The number of hydrogen-bond acceptors (Lipinski definition) is 3. The highest BCUT2D eigenvalue weighted by Crippen LogP contribution is 2.35. The smallest absolute Gasteiger partial charge is 0.273 e. The van der Waals surface area contributed by atoms with Crippen molar-refractivity contribution in [2.24, 2.45) is 0 Å². The van der Waals surface area contributed by atoms with Crippen LogP contribution in [0.25, 0.3) is 0 Å². The standard InChI is InChI=1S/C20H17N3O2/c21-14-23(20(25)22-19(24)16-10-2-1-3-11-16)18-13-7-6-12-17(18)15-8-4-5-9-15/h1-7,10-13,15H,8-9H2,(H,22,24,25). The minimum Gasteiger partial charge on any atom is -0.273 e. The van der Waals surface area contributed by atoms with Gasteiger partial charge in [0, 0.05) is 5.56 Å². The van der Waals surface area contributed by atoms with Gasteiger partial charge in [0.2, 0.25) is 0 Å². The molecule has 25 heavy (non-hydrogen) atoms. The second kappa shape index (κ2) is 7.45. The van der Waals surface area contributed by atoms with E-state index < -0.39 is 11.9 Å². The Balaban J connectivity index is 1.82. The number of allylic oxidation sites excluding steroid dienone is 2. The molecule has 0 spiro atoms. The summed E-state index contributed by atoms with van der Waals surface area (Å²) in [6.45, 7) is 0. The number of nitrogens with zero attached hydrogens (tertiary/aromatic N) is 2. The summed E-state index contributed by atoms with van der Waals surface area (Å²) in [5.74, 6) is -0.296. The Kier molecular flexibility index (Phi) is 4.91. The van der Waals surface area contributed by atoms with E-state index in [9.17, 15) is 14.9 Å². The highest BCUT2D eigenvalue weighted by molar-refractivity contribution is 6.10. The van der Waals surface area contributed by atoms with Crippen molar-refractivity contribution < 1.29 is 9.59 Å². The van der Waals surface area contributed by atoms with E-state index in [0.717, 1.165) is 23.3 Å². The maximum Gasteiger partial charge on any atom is 0.342 e. The molecule has 1 aliphatic carbocycles. The van der Waals surface area contributed by atoms with E-state index in [-0.39, 0.29) is 5.92 Å². The maximum absolute atomic E-state index is 12.5. The van der Waals surface area contributed by atoms with Gasteiger partial charge in [-0.1, -0.05) is 48.6 Å². The maximum atomic E-state index is 12.5. The Morgan fingerprint density at radius 1 is 1.00 bits per heavy atom. The number of benzene rings is 2. The molecule has 5 nitrogen and oxygen atoms in total. The summed E-state index contributed by atoms with van der Waals surface area (Å²) < 4.78 is 0. The third-order valence-electron chi connectivity index (χ3n) is 4.18. The van der Waals surface area contributed by atoms with Crippen molar-refractivity contribution in [1.29, 1.82) is 5.26 Å². The van der Waals surface area contributed by atoms with Crippen LogP contribution in [0.3, 0.4) is 0 Å². The van der Waals surface area contributed by atoms with E-state index >= 15 is 0 Å². The molecule has 1 aliphatic rings. The van der Waals surface area contributed by atoms with E-state index in [4.69, 9.17) is 0 Å². The van der Waals surface area contributed by atoms with Gasteiger partial charge in [-0.2, -0.15) is 10.2 Å². The summed E-state index contributed by atoms with van der Waals surface area (Å²) in [7, 11) is 0. The fourth-order valence-corrected chi connectivity index (χ4v) is 2.93. The zero-order chi connectivity index (χ0) is 17.6. The number of imide groups is 1. The van der Waals surface area contributed by atoms with E-state index in [0.29, 0.717) is 11.3 Å². The lowest BCUT2D eigenvalue weighted by molar-refractivity contribution is 0.0966. The largest absolute Gasteiger partial charge is 0.342 e. The number of nitriles is 1. The molecule has 0 aliphatic heterocycles. The van der Waals surface area contributed by atoms with E-state index in [1.807, 2.05) is 18.3 Å². The van der Waals surface area contributed by atoms with Crippen molar-refractivity contribution >= 4 is 17.6 Å². The lowest BCUT2D eigenvalue weighted by atomic mass is 9.95. The molecule has 2 aromatic carbocycles. The highest BCUT2D eigenvalue weighted by Gasteiger charge is 2.24. The Morgan fingerprint density at radius 2 is 1.64 bits per heavy atom. The molecular formula is C20H17N3O2. The topological polar surface area (TPSA) is 73.2 Å². The second-order valence-electron chi connectivity index (χ2n) is 5.76. The molecule has 0 atom stereocenters. The van der Waals surface area contributed by atoms with Gasteiger partial charge in [-0.05, 0) is 42.5 Å². The van der Waals surface area contributed by atoms with Crippen molar-refractivity contribution in [2.45, 2.75) is 18.8 Å². The van der Waals surface area contributed by atoms with Crippen molar-refractivity contribution in [1.82, 2.24) is 5.32 Å². The van der Waals surface area contributed by atoms with Crippen molar-refractivity contribution in [3.63, 3.8) is 0 Å². The zero-order valence-electron chi connectivity index (χ0n) is 13.6. The molecule has 3 amide bonds. The Morgan fingerprint density at radius 3 is 2.32 bits per heavy atom. The SMILES string of the molecule is N#CN(C(=O)NC(=O)c1ccccc1)c1ccccc1C1CC=CC1. The summed E-state index contributed by atoms with van der Waals surface area (Å²) in [6, 6.07) is 15.0. The molecule has 0 fully saturated rings. The van der Waals surface area contributed by atoms with Crippen LogP contribution < -0.4 is 10.2 Å². The first-order valence-electron chi connectivity index (χ1n) is 8.05. The van der Waals surface area contributed by atoms with Gasteiger partial charge >= 0.3 is 6.03 Å². The molecule has 0 aromatic heterocycles. The number of para-hydroxylation sites is 1. The van der Waals surface area contributed by atoms with Crippen LogP contribution in [0.2, 0.25) is 0 Å². The Hall–Kier alpha value is -3.39. The van der Waals surface area contributed by atoms with Crippen molar-refractivity contribution in [3.05, 3.63) is 77.9 Å². The van der Waals surface area contributed by atoms with Gasteiger partial charge in [0.25, 0.3) is 5.91 Å². The molecule has 0 unspecified atom stereocenters. The number of nitrogens with one attached hydrogen (secondary N) is 1. The zero-order valence-corrected chi connectivity index (χ0v) is 13.6. The molecular weight excluding hydrogens is 314 g/mol. The number of anilines is 1. The molecule has 0 saturated heterocycles. The summed E-state index contributed by atoms with van der Waals surface area (Å²) in [4.78, 5) is 25.6.